The van der Waals surface area contributed by atoms with Gasteiger partial charge in [0.2, 0.25) is 5.91 Å². The van der Waals surface area contributed by atoms with Crippen molar-refractivity contribution in [2.24, 2.45) is 5.92 Å². The number of hydrogen-bond donors (Lipinski definition) is 2. The predicted molar refractivity (Wildman–Crippen MR) is 118 cm³/mol. The number of carbonyl (C=O) groups is 2. The molecule has 0 spiro atoms. The third-order valence-electron chi connectivity index (χ3n) is 5.39. The highest BCUT2D eigenvalue weighted by Crippen LogP contribution is 2.37. The van der Waals surface area contributed by atoms with Crippen LogP contribution >= 0.6 is 0 Å². The van der Waals surface area contributed by atoms with Crippen LogP contribution in [0.15, 0.2) is 0 Å². The first-order valence-electron chi connectivity index (χ1n) is 11.3. The SMILES string of the molecule is CC(C)C[C@@H](CCCC(=O)NC1CC(C)(C)N([O])C(C)(C)C1)NC(=O)OC(C)(C)C. The van der Waals surface area contributed by atoms with E-state index in [1.165, 1.54) is 5.06 Å². The van der Waals surface area contributed by atoms with Gasteiger partial charge < -0.3 is 15.4 Å². The van der Waals surface area contributed by atoms with Gasteiger partial charge in [-0.3, -0.25) is 4.79 Å². The zero-order valence-electron chi connectivity index (χ0n) is 20.6. The van der Waals surface area contributed by atoms with Crippen molar-refractivity contribution in [3.8, 4) is 0 Å². The maximum atomic E-state index is 12.5. The lowest BCUT2D eigenvalue weighted by atomic mass is 9.79. The molecule has 1 atom stereocenters. The first kappa shape index (κ1) is 26.7. The topological polar surface area (TPSA) is 90.6 Å². The molecule has 1 heterocycles. The molecule has 1 radical (unpaired) electrons. The Hall–Kier alpha value is -1.34. The minimum atomic E-state index is -0.534. The minimum absolute atomic E-state index is 0.000880. The molecule has 7 heteroatoms. The highest BCUT2D eigenvalue weighted by atomic mass is 16.6. The molecule has 7 nitrogen and oxygen atoms in total. The van der Waals surface area contributed by atoms with Gasteiger partial charge in [-0.05, 0) is 86.5 Å². The van der Waals surface area contributed by atoms with Gasteiger partial charge in [0.15, 0.2) is 0 Å². The van der Waals surface area contributed by atoms with Crippen molar-refractivity contribution in [2.75, 3.05) is 0 Å². The maximum absolute atomic E-state index is 12.5. The summed E-state index contributed by atoms with van der Waals surface area (Å²) in [5.41, 5.74) is -1.54. The number of carbonyl (C=O) groups excluding carboxylic acids is 2. The summed E-state index contributed by atoms with van der Waals surface area (Å²) in [4.78, 5) is 24.6. The van der Waals surface area contributed by atoms with Gasteiger partial charge in [0, 0.05) is 29.6 Å². The van der Waals surface area contributed by atoms with E-state index in [-0.39, 0.29) is 18.0 Å². The molecule has 0 unspecified atom stereocenters. The van der Waals surface area contributed by atoms with Gasteiger partial charge in [0.25, 0.3) is 0 Å². The highest BCUT2D eigenvalue weighted by Gasteiger charge is 2.46. The molecule has 1 aliphatic heterocycles. The maximum Gasteiger partial charge on any atom is 0.407 e. The summed E-state index contributed by atoms with van der Waals surface area (Å²) in [5.74, 6) is 0.437. The smallest absolute Gasteiger partial charge is 0.407 e. The second kappa shape index (κ2) is 10.3. The van der Waals surface area contributed by atoms with Crippen molar-refractivity contribution in [1.29, 1.82) is 0 Å². The molecule has 2 amide bonds. The number of piperidine rings is 1. The zero-order chi connectivity index (χ0) is 23.3. The van der Waals surface area contributed by atoms with Gasteiger partial charge in [-0.25, -0.2) is 4.79 Å². The van der Waals surface area contributed by atoms with Crippen molar-refractivity contribution in [3.63, 3.8) is 0 Å². The lowest BCUT2D eigenvalue weighted by molar-refractivity contribution is -0.290. The van der Waals surface area contributed by atoms with E-state index >= 15 is 0 Å². The van der Waals surface area contributed by atoms with E-state index in [1.54, 1.807) is 0 Å². The number of nitrogens with one attached hydrogen (secondary N) is 2. The van der Waals surface area contributed by atoms with E-state index < -0.39 is 22.8 Å². The number of amides is 2. The van der Waals surface area contributed by atoms with E-state index in [2.05, 4.69) is 24.5 Å². The van der Waals surface area contributed by atoms with Gasteiger partial charge in [-0.1, -0.05) is 13.8 Å². The van der Waals surface area contributed by atoms with Crippen molar-refractivity contribution >= 4 is 12.0 Å². The predicted octanol–water partition coefficient (Wildman–Crippen LogP) is 4.58. The van der Waals surface area contributed by atoms with Gasteiger partial charge in [-0.2, -0.15) is 0 Å². The minimum Gasteiger partial charge on any atom is -0.444 e. The van der Waals surface area contributed by atoms with Crippen LogP contribution in [0.5, 0.6) is 0 Å². The lowest BCUT2D eigenvalue weighted by Crippen LogP contribution is -2.62. The number of nitrogens with zero attached hydrogens (tertiary/aromatic N) is 1. The van der Waals surface area contributed by atoms with E-state index in [1.807, 2.05) is 48.5 Å². The molecule has 30 heavy (non-hydrogen) atoms. The standard InChI is InChI=1S/C23H44N3O4/c1-16(2)13-17(25-20(28)30-21(3,4)5)11-10-12-19(27)24-18-14-22(6,7)26(29)23(8,9)15-18/h16-18H,10-15H2,1-9H3,(H,24,27)(H,25,28)/t17-/m1/s1. The second-order valence-corrected chi connectivity index (χ2v) is 11.5. The number of hydroxylamine groups is 2. The first-order valence-corrected chi connectivity index (χ1v) is 11.3. The molecule has 1 saturated heterocycles. The summed E-state index contributed by atoms with van der Waals surface area (Å²) >= 11 is 0. The molecule has 0 aromatic heterocycles. The van der Waals surface area contributed by atoms with Gasteiger partial charge in [0.05, 0.1) is 0 Å². The monoisotopic (exact) mass is 426 g/mol. The highest BCUT2D eigenvalue weighted by molar-refractivity contribution is 5.76. The Morgan fingerprint density at radius 2 is 1.63 bits per heavy atom. The largest absolute Gasteiger partial charge is 0.444 e. The summed E-state index contributed by atoms with van der Waals surface area (Å²) in [6.45, 7) is 17.5. The Balaban J connectivity index is 2.52. The fourth-order valence-corrected chi connectivity index (χ4v) is 4.47. The quantitative estimate of drug-likeness (QED) is 0.594. The van der Waals surface area contributed by atoms with Gasteiger partial charge >= 0.3 is 6.09 Å². The first-order chi connectivity index (χ1) is 13.5. The third kappa shape index (κ3) is 9.21. The van der Waals surface area contributed by atoms with Crippen LogP contribution in [0.25, 0.3) is 0 Å². The van der Waals surface area contributed by atoms with E-state index in [0.717, 1.165) is 12.8 Å². The fraction of sp³-hybridized carbons (Fsp3) is 0.913. The van der Waals surface area contributed by atoms with Crippen LogP contribution in [0.2, 0.25) is 0 Å². The Morgan fingerprint density at radius 3 is 2.10 bits per heavy atom. The van der Waals surface area contributed by atoms with Crippen LogP contribution in [-0.4, -0.2) is 45.8 Å². The summed E-state index contributed by atoms with van der Waals surface area (Å²) < 4.78 is 5.37. The number of ether oxygens (including phenoxy) is 1. The van der Waals surface area contributed by atoms with Crippen molar-refractivity contribution in [2.45, 2.75) is 130 Å². The van der Waals surface area contributed by atoms with E-state index in [0.29, 0.717) is 31.6 Å². The second-order valence-electron chi connectivity index (χ2n) is 11.5. The molecule has 1 rings (SSSR count). The Kier molecular flexibility index (Phi) is 9.18. The van der Waals surface area contributed by atoms with Crippen LogP contribution in [0, 0.1) is 5.92 Å². The van der Waals surface area contributed by atoms with Crippen LogP contribution in [0.1, 0.15) is 101 Å². The summed E-state index contributed by atoms with van der Waals surface area (Å²) in [6, 6.07) is -0.0201. The normalized spacial score (nSPS) is 20.6. The van der Waals surface area contributed by atoms with Crippen molar-refractivity contribution in [3.05, 3.63) is 0 Å². The Labute approximate surface area is 183 Å². The molecule has 1 aliphatic rings. The molecule has 1 fully saturated rings. The molecular formula is C23H44N3O4. The average Bonchev–Trinajstić information content (AvgIpc) is 2.49. The van der Waals surface area contributed by atoms with Crippen LogP contribution in [-0.2, 0) is 14.7 Å². The molecule has 175 valence electrons. The molecule has 0 bridgehead atoms. The summed E-state index contributed by atoms with van der Waals surface area (Å²) in [5, 5.41) is 19.7. The number of alkyl carbamates (subject to hydrolysis) is 1. The van der Waals surface area contributed by atoms with E-state index in [4.69, 9.17) is 4.74 Å². The van der Waals surface area contributed by atoms with Crippen LogP contribution in [0.3, 0.4) is 0 Å². The van der Waals surface area contributed by atoms with Gasteiger partial charge in [-0.15, -0.1) is 10.3 Å². The Morgan fingerprint density at radius 1 is 1.10 bits per heavy atom. The van der Waals surface area contributed by atoms with E-state index in [9.17, 15) is 14.8 Å². The van der Waals surface area contributed by atoms with Crippen LogP contribution < -0.4 is 10.6 Å². The summed E-state index contributed by atoms with van der Waals surface area (Å²) in [6.07, 6.45) is 3.52. The molecule has 2 N–H and O–H groups in total. The zero-order valence-corrected chi connectivity index (χ0v) is 20.6. The fourth-order valence-electron chi connectivity index (χ4n) is 4.47. The molecule has 0 aromatic rings. The lowest BCUT2D eigenvalue weighted by Gasteiger charge is -2.50. The number of rotatable bonds is 8. The number of hydrogen-bond acceptors (Lipinski definition) is 4. The molecule has 0 aliphatic carbocycles. The molecular weight excluding hydrogens is 382 g/mol. The molecule has 0 aromatic carbocycles. The Bertz CT molecular complexity index is 563. The molecule has 0 saturated carbocycles. The van der Waals surface area contributed by atoms with Crippen molar-refractivity contribution < 1.29 is 19.5 Å². The third-order valence-corrected chi connectivity index (χ3v) is 5.39. The van der Waals surface area contributed by atoms with Crippen LogP contribution in [0.4, 0.5) is 4.79 Å². The summed E-state index contributed by atoms with van der Waals surface area (Å²) in [7, 11) is 0. The van der Waals surface area contributed by atoms with Crippen molar-refractivity contribution in [1.82, 2.24) is 15.7 Å². The van der Waals surface area contributed by atoms with Gasteiger partial charge in [0.1, 0.15) is 5.60 Å². The average molecular weight is 427 g/mol.